The Morgan fingerprint density at radius 1 is 1.06 bits per heavy atom. The zero-order valence-corrected chi connectivity index (χ0v) is 18.7. The van der Waals surface area contributed by atoms with E-state index in [1.807, 2.05) is 0 Å². The van der Waals surface area contributed by atoms with E-state index in [1.54, 1.807) is 12.1 Å². The minimum absolute atomic E-state index is 0.0186. The maximum Gasteiger partial charge on any atom is 0.270 e. The summed E-state index contributed by atoms with van der Waals surface area (Å²) in [4.78, 5) is 22.7. The predicted octanol–water partition coefficient (Wildman–Crippen LogP) is 1.55. The molecule has 0 spiro atoms. The first kappa shape index (κ1) is 23.6. The number of amides is 1. The molecule has 0 bridgehead atoms. The van der Waals surface area contributed by atoms with Crippen molar-refractivity contribution in [2.45, 2.75) is 23.8 Å². The van der Waals surface area contributed by atoms with E-state index in [9.17, 15) is 31.7 Å². The number of carbonyl (C=O) groups excluding carboxylic acids is 1. The van der Waals surface area contributed by atoms with Crippen LogP contribution in [0.1, 0.15) is 23.2 Å². The fourth-order valence-corrected chi connectivity index (χ4v) is 5.33. The fourth-order valence-electron chi connectivity index (χ4n) is 3.33. The molecule has 0 aromatic heterocycles. The highest BCUT2D eigenvalue weighted by molar-refractivity contribution is 7.92. The third-order valence-corrected chi connectivity index (χ3v) is 7.68. The zero-order valence-electron chi connectivity index (χ0n) is 17.1. The van der Waals surface area contributed by atoms with E-state index >= 15 is 0 Å². The molecule has 2 aromatic rings. The minimum Gasteiger partial charge on any atom is -0.349 e. The summed E-state index contributed by atoms with van der Waals surface area (Å²) in [5.74, 6) is -0.514. The van der Waals surface area contributed by atoms with Gasteiger partial charge in [-0.2, -0.15) is 0 Å². The minimum atomic E-state index is -4.19. The Morgan fingerprint density at radius 3 is 2.34 bits per heavy atom. The van der Waals surface area contributed by atoms with Crippen molar-refractivity contribution < 1.29 is 26.6 Å². The second kappa shape index (κ2) is 9.22. The molecule has 1 fully saturated rings. The number of piperidine rings is 1. The highest BCUT2D eigenvalue weighted by atomic mass is 32.2. The van der Waals surface area contributed by atoms with Gasteiger partial charge in [0.1, 0.15) is 0 Å². The average Bonchev–Trinajstić information content (AvgIpc) is 2.73. The van der Waals surface area contributed by atoms with E-state index in [4.69, 9.17) is 0 Å². The van der Waals surface area contributed by atoms with Gasteiger partial charge >= 0.3 is 0 Å². The predicted molar refractivity (Wildman–Crippen MR) is 117 cm³/mol. The van der Waals surface area contributed by atoms with Gasteiger partial charge < -0.3 is 5.32 Å². The lowest BCUT2D eigenvalue weighted by molar-refractivity contribution is -0.385. The molecule has 172 valence electrons. The lowest BCUT2D eigenvalue weighted by Gasteiger charge is -2.30. The van der Waals surface area contributed by atoms with Crippen LogP contribution in [-0.2, 0) is 20.0 Å². The number of para-hydroxylation sites is 1. The van der Waals surface area contributed by atoms with Crippen LogP contribution < -0.4 is 10.0 Å². The number of sulfonamides is 2. The van der Waals surface area contributed by atoms with Crippen molar-refractivity contribution in [3.8, 4) is 0 Å². The molecule has 0 atom stereocenters. The smallest absolute Gasteiger partial charge is 0.270 e. The number of rotatable bonds is 7. The van der Waals surface area contributed by atoms with Gasteiger partial charge in [0.05, 0.1) is 27.3 Å². The molecule has 11 nitrogen and oxygen atoms in total. The van der Waals surface area contributed by atoms with Gasteiger partial charge in [-0.1, -0.05) is 18.2 Å². The quantitative estimate of drug-likeness (QED) is 0.448. The number of nitrogens with zero attached hydrogens (tertiary/aromatic N) is 2. The lowest BCUT2D eigenvalue weighted by Crippen LogP contribution is -2.46. The lowest BCUT2D eigenvalue weighted by atomic mass is 10.1. The number of nitrogens with one attached hydrogen (secondary N) is 2. The Hall–Kier alpha value is -3.03. The number of non-ortho nitro benzene ring substituents is 1. The Labute approximate surface area is 185 Å². The first-order valence-corrected chi connectivity index (χ1v) is 12.9. The number of nitro benzene ring substituents is 1. The van der Waals surface area contributed by atoms with Gasteiger partial charge in [-0.3, -0.25) is 19.6 Å². The second-order valence-corrected chi connectivity index (χ2v) is 11.0. The zero-order chi connectivity index (χ0) is 23.5. The number of carbonyl (C=O) groups is 1. The number of benzene rings is 2. The van der Waals surface area contributed by atoms with Crippen molar-refractivity contribution in [1.82, 2.24) is 9.62 Å². The van der Waals surface area contributed by atoms with Crippen LogP contribution in [0, 0.1) is 10.1 Å². The highest BCUT2D eigenvalue weighted by Crippen LogP contribution is 2.23. The molecule has 3 rings (SSSR count). The monoisotopic (exact) mass is 482 g/mol. The molecule has 1 heterocycles. The molecule has 0 aliphatic carbocycles. The van der Waals surface area contributed by atoms with Crippen LogP contribution >= 0.6 is 0 Å². The number of hydrogen-bond donors (Lipinski definition) is 2. The molecule has 32 heavy (non-hydrogen) atoms. The summed E-state index contributed by atoms with van der Waals surface area (Å²) in [5, 5.41) is 13.8. The Balaban J connectivity index is 1.75. The highest BCUT2D eigenvalue weighted by Gasteiger charge is 2.27. The van der Waals surface area contributed by atoms with Gasteiger partial charge in [-0.05, 0) is 31.0 Å². The molecule has 1 aliphatic rings. The Morgan fingerprint density at radius 2 is 1.72 bits per heavy atom. The van der Waals surface area contributed by atoms with Crippen LogP contribution in [-0.4, -0.2) is 57.4 Å². The van der Waals surface area contributed by atoms with Crippen LogP contribution in [0.3, 0.4) is 0 Å². The number of anilines is 1. The van der Waals surface area contributed by atoms with Crippen LogP contribution in [0.25, 0.3) is 0 Å². The third-order valence-electron chi connectivity index (χ3n) is 5.01. The molecule has 1 saturated heterocycles. The van der Waals surface area contributed by atoms with E-state index in [-0.39, 0.29) is 41.0 Å². The van der Waals surface area contributed by atoms with Crippen molar-refractivity contribution in [2.24, 2.45) is 0 Å². The van der Waals surface area contributed by atoms with Gasteiger partial charge in [-0.25, -0.2) is 21.1 Å². The number of nitro groups is 1. The van der Waals surface area contributed by atoms with Crippen LogP contribution in [0.4, 0.5) is 11.4 Å². The summed E-state index contributed by atoms with van der Waals surface area (Å²) in [6.45, 7) is 0.565. The van der Waals surface area contributed by atoms with Gasteiger partial charge in [0.15, 0.2) is 0 Å². The van der Waals surface area contributed by atoms with E-state index < -0.39 is 30.9 Å². The summed E-state index contributed by atoms with van der Waals surface area (Å²) in [6.07, 6.45) is 2.00. The summed E-state index contributed by atoms with van der Waals surface area (Å²) in [6, 6.07) is 10.3. The van der Waals surface area contributed by atoms with E-state index in [2.05, 4.69) is 10.0 Å². The van der Waals surface area contributed by atoms with Gasteiger partial charge in [0, 0.05) is 31.3 Å². The fraction of sp³-hybridized carbons (Fsp3) is 0.316. The van der Waals surface area contributed by atoms with E-state index in [0.717, 1.165) is 12.3 Å². The van der Waals surface area contributed by atoms with Crippen LogP contribution in [0.15, 0.2) is 53.4 Å². The molecular weight excluding hydrogens is 460 g/mol. The maximum atomic E-state index is 12.8. The molecule has 2 N–H and O–H groups in total. The molecule has 1 aliphatic heterocycles. The van der Waals surface area contributed by atoms with Crippen molar-refractivity contribution in [2.75, 3.05) is 24.1 Å². The molecule has 0 saturated carbocycles. The SMILES string of the molecule is CS(=O)(=O)N1CCC(NC(=O)c2ccccc2NS(=O)(=O)c2cccc([N+](=O)[O-])c2)CC1. The molecule has 0 radical (unpaired) electrons. The van der Waals surface area contributed by atoms with Crippen LogP contribution in [0.5, 0.6) is 0 Å². The van der Waals surface area contributed by atoms with Crippen molar-refractivity contribution in [3.05, 3.63) is 64.2 Å². The molecule has 13 heteroatoms. The van der Waals surface area contributed by atoms with E-state index in [1.165, 1.54) is 34.6 Å². The standard InChI is InChI=1S/C19H22N4O7S2/c1-31(27,28)22-11-9-14(10-12-22)20-19(24)17-7-2-3-8-18(17)21-32(29,30)16-6-4-5-15(13-16)23(25)26/h2-8,13-14,21H,9-12H2,1H3,(H,20,24). The van der Waals surface area contributed by atoms with Gasteiger partial charge in [0.2, 0.25) is 10.0 Å². The molecule has 2 aromatic carbocycles. The second-order valence-electron chi connectivity index (χ2n) is 7.32. The largest absolute Gasteiger partial charge is 0.349 e. The summed E-state index contributed by atoms with van der Waals surface area (Å²) < 4.78 is 52.4. The van der Waals surface area contributed by atoms with Crippen LogP contribution in [0.2, 0.25) is 0 Å². The van der Waals surface area contributed by atoms with Crippen molar-refractivity contribution in [3.63, 3.8) is 0 Å². The summed E-state index contributed by atoms with van der Waals surface area (Å²) >= 11 is 0. The first-order valence-electron chi connectivity index (χ1n) is 9.59. The van der Waals surface area contributed by atoms with Crippen molar-refractivity contribution >= 4 is 37.3 Å². The Kier molecular flexibility index (Phi) is 6.81. The molecule has 1 amide bonds. The van der Waals surface area contributed by atoms with Gasteiger partial charge in [-0.15, -0.1) is 0 Å². The summed E-state index contributed by atoms with van der Waals surface area (Å²) in [5.41, 5.74) is -0.281. The number of hydrogen-bond acceptors (Lipinski definition) is 7. The molecule has 0 unspecified atom stereocenters. The van der Waals surface area contributed by atoms with E-state index in [0.29, 0.717) is 12.8 Å². The third kappa shape index (κ3) is 5.60. The van der Waals surface area contributed by atoms with Gasteiger partial charge in [0.25, 0.3) is 21.6 Å². The first-order chi connectivity index (χ1) is 15.0. The molecular formula is C19H22N4O7S2. The average molecular weight is 483 g/mol. The maximum absolute atomic E-state index is 12.8. The van der Waals surface area contributed by atoms with Crippen molar-refractivity contribution in [1.29, 1.82) is 0 Å². The summed E-state index contributed by atoms with van der Waals surface area (Å²) in [7, 11) is -7.48. The normalized spacial score (nSPS) is 15.8. The Bertz CT molecular complexity index is 1240. The topological polar surface area (TPSA) is 156 Å².